The average molecular weight is 398 g/mol. The Labute approximate surface area is 161 Å². The Morgan fingerprint density at radius 3 is 2.38 bits per heavy atom. The molecule has 138 valence electrons. The Hall–Kier alpha value is -2.11. The van der Waals surface area contributed by atoms with E-state index in [0.29, 0.717) is 28.6 Å². The molecule has 4 nitrogen and oxygen atoms in total. The first-order valence-electron chi connectivity index (χ1n) is 8.00. The minimum absolute atomic E-state index is 0.00983. The predicted molar refractivity (Wildman–Crippen MR) is 98.8 cm³/mol. The Morgan fingerprint density at radius 1 is 1.08 bits per heavy atom. The summed E-state index contributed by atoms with van der Waals surface area (Å²) in [6, 6.07) is 10.9. The summed E-state index contributed by atoms with van der Waals surface area (Å²) in [5, 5.41) is 3.43. The molecule has 2 rings (SSSR count). The molecule has 0 spiro atoms. The summed E-state index contributed by atoms with van der Waals surface area (Å²) in [5.41, 5.74) is 1.55. The number of esters is 1. The monoisotopic (exact) mass is 397 g/mol. The molecule has 0 heterocycles. The molecule has 1 amide bonds. The van der Waals surface area contributed by atoms with Gasteiger partial charge in [-0.2, -0.15) is 0 Å². The SMILES string of the molecule is C[C@@H](OC(=O)Cc1ccc(Cl)c(Cl)c1)C(=O)NCCc1ccc(F)cc1. The van der Waals surface area contributed by atoms with Crippen LogP contribution in [0.25, 0.3) is 0 Å². The molecule has 0 saturated heterocycles. The van der Waals surface area contributed by atoms with Crippen LogP contribution in [0, 0.1) is 5.82 Å². The molecule has 0 saturated carbocycles. The molecular weight excluding hydrogens is 380 g/mol. The van der Waals surface area contributed by atoms with Gasteiger partial charge in [-0.15, -0.1) is 0 Å². The van der Waals surface area contributed by atoms with E-state index in [0.717, 1.165) is 5.56 Å². The number of carbonyl (C=O) groups excluding carboxylic acids is 2. The van der Waals surface area contributed by atoms with Crippen molar-refractivity contribution >= 4 is 35.1 Å². The first-order chi connectivity index (χ1) is 12.3. The maximum atomic E-state index is 12.8. The van der Waals surface area contributed by atoms with Crippen molar-refractivity contribution in [2.45, 2.75) is 25.9 Å². The summed E-state index contributed by atoms with van der Waals surface area (Å²) in [6.45, 7) is 1.86. The minimum Gasteiger partial charge on any atom is -0.452 e. The molecule has 1 N–H and O–H groups in total. The third-order valence-electron chi connectivity index (χ3n) is 3.64. The van der Waals surface area contributed by atoms with Gasteiger partial charge in [0.25, 0.3) is 5.91 Å². The van der Waals surface area contributed by atoms with E-state index in [1.165, 1.54) is 19.1 Å². The summed E-state index contributed by atoms with van der Waals surface area (Å²) >= 11 is 11.7. The molecular formula is C19H18Cl2FNO3. The fourth-order valence-corrected chi connectivity index (χ4v) is 2.55. The van der Waals surface area contributed by atoms with Gasteiger partial charge in [-0.3, -0.25) is 9.59 Å². The number of halogens is 3. The van der Waals surface area contributed by atoms with E-state index >= 15 is 0 Å². The number of nitrogens with one attached hydrogen (secondary N) is 1. The molecule has 0 aliphatic heterocycles. The predicted octanol–water partition coefficient (Wildman–Crippen LogP) is 3.97. The number of amides is 1. The van der Waals surface area contributed by atoms with Crippen LogP contribution in [0.3, 0.4) is 0 Å². The number of ether oxygens (including phenoxy) is 1. The third-order valence-corrected chi connectivity index (χ3v) is 4.38. The molecule has 0 unspecified atom stereocenters. The number of hydrogen-bond acceptors (Lipinski definition) is 3. The maximum absolute atomic E-state index is 12.8. The molecule has 0 aliphatic carbocycles. The standard InChI is InChI=1S/C19H18Cl2FNO3/c1-12(19(25)23-9-8-13-2-5-15(22)6-3-13)26-18(24)11-14-4-7-16(20)17(21)10-14/h2-7,10,12H,8-9,11H2,1H3,(H,23,25)/t12-/m1/s1. The highest BCUT2D eigenvalue weighted by atomic mass is 35.5. The van der Waals surface area contributed by atoms with Crippen LogP contribution in [0.1, 0.15) is 18.1 Å². The lowest BCUT2D eigenvalue weighted by Gasteiger charge is -2.13. The van der Waals surface area contributed by atoms with Crippen molar-refractivity contribution in [1.29, 1.82) is 0 Å². The van der Waals surface area contributed by atoms with Crippen molar-refractivity contribution in [2.75, 3.05) is 6.54 Å². The zero-order valence-electron chi connectivity index (χ0n) is 14.1. The van der Waals surface area contributed by atoms with Crippen molar-refractivity contribution in [2.24, 2.45) is 0 Å². The Kier molecular flexibility index (Phi) is 7.42. The lowest BCUT2D eigenvalue weighted by Crippen LogP contribution is -2.37. The maximum Gasteiger partial charge on any atom is 0.311 e. The van der Waals surface area contributed by atoms with Crippen LogP contribution in [0.2, 0.25) is 10.0 Å². The quantitative estimate of drug-likeness (QED) is 0.719. The summed E-state index contributed by atoms with van der Waals surface area (Å²) in [6.07, 6.45) is -0.376. The lowest BCUT2D eigenvalue weighted by molar-refractivity contribution is -0.154. The van der Waals surface area contributed by atoms with Gasteiger partial charge >= 0.3 is 5.97 Å². The van der Waals surface area contributed by atoms with Gasteiger partial charge in [-0.05, 0) is 48.7 Å². The highest BCUT2D eigenvalue weighted by Gasteiger charge is 2.17. The Morgan fingerprint density at radius 2 is 1.73 bits per heavy atom. The molecule has 2 aromatic rings. The van der Waals surface area contributed by atoms with Crippen molar-refractivity contribution in [1.82, 2.24) is 5.32 Å². The number of rotatable bonds is 7. The molecule has 26 heavy (non-hydrogen) atoms. The molecule has 0 radical (unpaired) electrons. The lowest BCUT2D eigenvalue weighted by atomic mass is 10.1. The van der Waals surface area contributed by atoms with Crippen LogP contribution in [-0.2, 0) is 27.2 Å². The van der Waals surface area contributed by atoms with Gasteiger partial charge in [-0.25, -0.2) is 4.39 Å². The second-order valence-electron chi connectivity index (χ2n) is 5.72. The molecule has 7 heteroatoms. The van der Waals surface area contributed by atoms with Crippen LogP contribution in [0.5, 0.6) is 0 Å². The second kappa shape index (κ2) is 9.55. The van der Waals surface area contributed by atoms with Gasteiger partial charge in [-0.1, -0.05) is 41.4 Å². The number of hydrogen-bond donors (Lipinski definition) is 1. The first kappa shape index (κ1) is 20.2. The van der Waals surface area contributed by atoms with Gasteiger partial charge in [0.05, 0.1) is 16.5 Å². The normalized spacial score (nSPS) is 11.7. The van der Waals surface area contributed by atoms with E-state index in [4.69, 9.17) is 27.9 Å². The fraction of sp³-hybridized carbons (Fsp3) is 0.263. The zero-order valence-corrected chi connectivity index (χ0v) is 15.6. The molecule has 1 atom stereocenters. The highest BCUT2D eigenvalue weighted by Crippen LogP contribution is 2.22. The van der Waals surface area contributed by atoms with Gasteiger partial charge in [0.15, 0.2) is 6.10 Å². The van der Waals surface area contributed by atoms with Crippen LogP contribution >= 0.6 is 23.2 Å². The topological polar surface area (TPSA) is 55.4 Å². The minimum atomic E-state index is -0.918. The van der Waals surface area contributed by atoms with Gasteiger partial charge in [0, 0.05) is 6.54 Å². The van der Waals surface area contributed by atoms with Crippen LogP contribution in [0.15, 0.2) is 42.5 Å². The summed E-state index contributed by atoms with van der Waals surface area (Å²) < 4.78 is 18.0. The van der Waals surface area contributed by atoms with Gasteiger partial charge in [0.2, 0.25) is 0 Å². The number of carbonyl (C=O) groups is 2. The van der Waals surface area contributed by atoms with Crippen molar-refractivity contribution in [3.8, 4) is 0 Å². The van der Waals surface area contributed by atoms with E-state index in [2.05, 4.69) is 5.32 Å². The largest absolute Gasteiger partial charge is 0.452 e. The highest BCUT2D eigenvalue weighted by molar-refractivity contribution is 6.42. The van der Waals surface area contributed by atoms with Crippen LogP contribution in [-0.4, -0.2) is 24.5 Å². The fourth-order valence-electron chi connectivity index (χ4n) is 2.23. The number of benzene rings is 2. The third kappa shape index (κ3) is 6.32. The first-order valence-corrected chi connectivity index (χ1v) is 8.76. The molecule has 2 aromatic carbocycles. The van der Waals surface area contributed by atoms with E-state index in [-0.39, 0.29) is 12.2 Å². The molecule has 0 bridgehead atoms. The van der Waals surface area contributed by atoms with E-state index in [1.54, 1.807) is 30.3 Å². The van der Waals surface area contributed by atoms with Crippen molar-refractivity contribution in [3.63, 3.8) is 0 Å². The van der Waals surface area contributed by atoms with Crippen LogP contribution < -0.4 is 5.32 Å². The average Bonchev–Trinajstić information content (AvgIpc) is 2.59. The summed E-state index contributed by atoms with van der Waals surface area (Å²) in [7, 11) is 0. The Bertz CT molecular complexity index is 781. The van der Waals surface area contributed by atoms with Crippen molar-refractivity contribution < 1.29 is 18.7 Å². The summed E-state index contributed by atoms with van der Waals surface area (Å²) in [5.74, 6) is -1.24. The van der Waals surface area contributed by atoms with Crippen LogP contribution in [0.4, 0.5) is 4.39 Å². The molecule has 0 aromatic heterocycles. The van der Waals surface area contributed by atoms with E-state index in [9.17, 15) is 14.0 Å². The van der Waals surface area contributed by atoms with Crippen molar-refractivity contribution in [3.05, 3.63) is 69.5 Å². The zero-order chi connectivity index (χ0) is 19.1. The van der Waals surface area contributed by atoms with Gasteiger partial charge in [0.1, 0.15) is 5.82 Å². The Balaban J connectivity index is 1.75. The van der Waals surface area contributed by atoms with Gasteiger partial charge < -0.3 is 10.1 Å². The second-order valence-corrected chi connectivity index (χ2v) is 6.54. The van der Waals surface area contributed by atoms with E-state index < -0.39 is 18.0 Å². The molecule has 0 fully saturated rings. The molecule has 0 aliphatic rings. The smallest absolute Gasteiger partial charge is 0.311 e. The van der Waals surface area contributed by atoms with E-state index in [1.807, 2.05) is 0 Å². The summed E-state index contributed by atoms with van der Waals surface area (Å²) in [4.78, 5) is 23.9.